The van der Waals surface area contributed by atoms with Gasteiger partial charge in [-0.15, -0.1) is 0 Å². The highest BCUT2D eigenvalue weighted by Gasteiger charge is 2.24. The Balaban J connectivity index is 1.92. The Kier molecular flexibility index (Phi) is 5.35. The van der Waals surface area contributed by atoms with Crippen molar-refractivity contribution in [2.45, 2.75) is 26.7 Å². The second-order valence-corrected chi connectivity index (χ2v) is 5.92. The summed E-state index contributed by atoms with van der Waals surface area (Å²) >= 11 is 0. The molecular formula is C16H24N4O2. The fourth-order valence-electron chi connectivity index (χ4n) is 2.51. The highest BCUT2D eigenvalue weighted by Crippen LogP contribution is 2.22. The average molecular weight is 304 g/mol. The van der Waals surface area contributed by atoms with Crippen LogP contribution in [0.15, 0.2) is 18.3 Å². The first-order valence-electron chi connectivity index (χ1n) is 7.74. The van der Waals surface area contributed by atoms with Gasteiger partial charge in [-0.3, -0.25) is 9.59 Å². The van der Waals surface area contributed by atoms with E-state index < -0.39 is 0 Å². The number of carbonyl (C=O) groups excluding carboxylic acids is 2. The number of nitrogens with zero attached hydrogens (tertiary/aromatic N) is 2. The number of carbonyl (C=O) groups is 2. The van der Waals surface area contributed by atoms with Gasteiger partial charge < -0.3 is 15.5 Å². The Bertz CT molecular complexity index is 519. The Hall–Kier alpha value is -2.11. The van der Waals surface area contributed by atoms with Crippen LogP contribution < -0.4 is 15.5 Å². The molecule has 1 aromatic heterocycles. The lowest BCUT2D eigenvalue weighted by Gasteiger charge is -2.32. The maximum atomic E-state index is 11.6. The zero-order valence-electron chi connectivity index (χ0n) is 13.4. The zero-order chi connectivity index (χ0) is 16.1. The molecule has 0 radical (unpaired) electrons. The van der Waals surface area contributed by atoms with E-state index in [0.29, 0.717) is 5.69 Å². The van der Waals surface area contributed by atoms with Crippen molar-refractivity contribution in [2.75, 3.05) is 30.4 Å². The molecule has 1 aliphatic heterocycles. The fraction of sp³-hybridized carbons (Fsp3) is 0.562. The van der Waals surface area contributed by atoms with Crippen LogP contribution in [0.3, 0.4) is 0 Å². The highest BCUT2D eigenvalue weighted by atomic mass is 16.2. The molecule has 0 unspecified atom stereocenters. The van der Waals surface area contributed by atoms with Crippen LogP contribution in [-0.2, 0) is 9.59 Å². The molecule has 0 aromatic carbocycles. The minimum absolute atomic E-state index is 0.0130. The molecule has 0 spiro atoms. The minimum atomic E-state index is -0.0524. The van der Waals surface area contributed by atoms with Crippen molar-refractivity contribution in [3.63, 3.8) is 0 Å². The number of pyridine rings is 1. The van der Waals surface area contributed by atoms with E-state index in [0.717, 1.165) is 31.7 Å². The molecule has 6 nitrogen and oxygen atoms in total. The van der Waals surface area contributed by atoms with E-state index in [2.05, 4.69) is 20.5 Å². The van der Waals surface area contributed by atoms with Gasteiger partial charge >= 0.3 is 0 Å². The van der Waals surface area contributed by atoms with Gasteiger partial charge in [0.25, 0.3) is 0 Å². The fourth-order valence-corrected chi connectivity index (χ4v) is 2.51. The Morgan fingerprint density at radius 3 is 2.45 bits per heavy atom. The smallest absolute Gasteiger partial charge is 0.226 e. The molecular weight excluding hydrogens is 280 g/mol. The molecule has 0 atom stereocenters. The normalized spacial score (nSPS) is 15.7. The topological polar surface area (TPSA) is 74.3 Å². The van der Waals surface area contributed by atoms with Gasteiger partial charge in [0.15, 0.2) is 0 Å². The SMILES string of the molecule is CNC(=O)C1CCN(c2ccc(NC(=O)C(C)C)cn2)CC1. The standard InChI is InChI=1S/C16H24N4O2/c1-11(2)15(21)19-13-4-5-14(18-10-13)20-8-6-12(7-9-20)16(22)17-3/h4-5,10-12H,6-9H2,1-3H3,(H,17,22)(H,19,21). The van der Waals surface area contributed by atoms with Gasteiger partial charge in [0, 0.05) is 32.0 Å². The summed E-state index contributed by atoms with van der Waals surface area (Å²) in [6, 6.07) is 3.78. The van der Waals surface area contributed by atoms with Crippen LogP contribution in [-0.4, -0.2) is 36.9 Å². The summed E-state index contributed by atoms with van der Waals surface area (Å²) in [5, 5.41) is 5.54. The lowest BCUT2D eigenvalue weighted by Crippen LogP contribution is -2.39. The Morgan fingerprint density at radius 1 is 1.27 bits per heavy atom. The number of nitrogens with one attached hydrogen (secondary N) is 2. The molecule has 22 heavy (non-hydrogen) atoms. The summed E-state index contributed by atoms with van der Waals surface area (Å²) in [4.78, 5) is 29.9. The van der Waals surface area contributed by atoms with Gasteiger partial charge in [-0.2, -0.15) is 0 Å². The number of hydrogen-bond acceptors (Lipinski definition) is 4. The van der Waals surface area contributed by atoms with Crippen LogP contribution >= 0.6 is 0 Å². The molecule has 1 aromatic rings. The Labute approximate surface area is 131 Å². The maximum absolute atomic E-state index is 11.6. The minimum Gasteiger partial charge on any atom is -0.359 e. The van der Waals surface area contributed by atoms with Gasteiger partial charge in [-0.25, -0.2) is 4.98 Å². The predicted octanol–water partition coefficient (Wildman–Crippen LogP) is 1.64. The first kappa shape index (κ1) is 16.3. The molecule has 6 heteroatoms. The number of rotatable bonds is 4. The predicted molar refractivity (Wildman–Crippen MR) is 86.7 cm³/mol. The molecule has 0 bridgehead atoms. The average Bonchev–Trinajstić information content (AvgIpc) is 2.55. The zero-order valence-corrected chi connectivity index (χ0v) is 13.4. The van der Waals surface area contributed by atoms with E-state index in [-0.39, 0.29) is 23.7 Å². The van der Waals surface area contributed by atoms with Crippen LogP contribution in [0.25, 0.3) is 0 Å². The van der Waals surface area contributed by atoms with Crippen LogP contribution in [0.2, 0.25) is 0 Å². The van der Waals surface area contributed by atoms with Crippen molar-refractivity contribution in [1.82, 2.24) is 10.3 Å². The number of aromatic nitrogens is 1. The van der Waals surface area contributed by atoms with E-state index in [1.165, 1.54) is 0 Å². The number of anilines is 2. The molecule has 0 saturated carbocycles. The second kappa shape index (κ2) is 7.24. The first-order chi connectivity index (χ1) is 10.5. The summed E-state index contributed by atoms with van der Waals surface area (Å²) in [5.74, 6) is 1.05. The van der Waals surface area contributed by atoms with Crippen molar-refractivity contribution in [2.24, 2.45) is 11.8 Å². The number of hydrogen-bond donors (Lipinski definition) is 2. The van der Waals surface area contributed by atoms with Gasteiger partial charge in [-0.05, 0) is 25.0 Å². The third-order valence-corrected chi connectivity index (χ3v) is 3.98. The van der Waals surface area contributed by atoms with Gasteiger partial charge in [0.1, 0.15) is 5.82 Å². The van der Waals surface area contributed by atoms with E-state index in [4.69, 9.17) is 0 Å². The molecule has 0 aliphatic carbocycles. The maximum Gasteiger partial charge on any atom is 0.226 e. The Morgan fingerprint density at radius 2 is 1.95 bits per heavy atom. The molecule has 2 heterocycles. The van der Waals surface area contributed by atoms with Crippen LogP contribution in [0.5, 0.6) is 0 Å². The van der Waals surface area contributed by atoms with Crippen LogP contribution in [0.1, 0.15) is 26.7 Å². The second-order valence-electron chi connectivity index (χ2n) is 5.92. The van der Waals surface area contributed by atoms with E-state index in [1.54, 1.807) is 13.2 Å². The number of piperidine rings is 1. The van der Waals surface area contributed by atoms with Crippen molar-refractivity contribution in [3.8, 4) is 0 Å². The summed E-state index contributed by atoms with van der Waals surface area (Å²) in [7, 11) is 1.68. The first-order valence-corrected chi connectivity index (χ1v) is 7.74. The van der Waals surface area contributed by atoms with Crippen molar-refractivity contribution in [3.05, 3.63) is 18.3 Å². The third kappa shape index (κ3) is 3.96. The molecule has 120 valence electrons. The van der Waals surface area contributed by atoms with Crippen LogP contribution in [0, 0.1) is 11.8 Å². The quantitative estimate of drug-likeness (QED) is 0.887. The summed E-state index contributed by atoms with van der Waals surface area (Å²) in [5.41, 5.74) is 0.711. The van der Waals surface area contributed by atoms with Gasteiger partial charge in [0.2, 0.25) is 11.8 Å². The molecule has 1 fully saturated rings. The lowest BCUT2D eigenvalue weighted by molar-refractivity contribution is -0.125. The summed E-state index contributed by atoms with van der Waals surface area (Å²) < 4.78 is 0. The third-order valence-electron chi connectivity index (χ3n) is 3.98. The molecule has 1 saturated heterocycles. The monoisotopic (exact) mass is 304 g/mol. The molecule has 2 amide bonds. The van der Waals surface area contributed by atoms with Crippen LogP contribution in [0.4, 0.5) is 11.5 Å². The molecule has 2 rings (SSSR count). The summed E-state index contributed by atoms with van der Waals surface area (Å²) in [6.45, 7) is 5.35. The highest BCUT2D eigenvalue weighted by molar-refractivity contribution is 5.91. The van der Waals surface area contributed by atoms with Crippen molar-refractivity contribution in [1.29, 1.82) is 0 Å². The largest absolute Gasteiger partial charge is 0.359 e. The molecule has 1 aliphatic rings. The lowest BCUT2D eigenvalue weighted by atomic mass is 9.96. The molecule has 2 N–H and O–H groups in total. The van der Waals surface area contributed by atoms with Gasteiger partial charge in [0.05, 0.1) is 11.9 Å². The van der Waals surface area contributed by atoms with E-state index in [1.807, 2.05) is 26.0 Å². The summed E-state index contributed by atoms with van der Waals surface area (Å²) in [6.07, 6.45) is 3.36. The number of amides is 2. The van der Waals surface area contributed by atoms with Crippen molar-refractivity contribution >= 4 is 23.3 Å². The van der Waals surface area contributed by atoms with Gasteiger partial charge in [-0.1, -0.05) is 13.8 Å². The van der Waals surface area contributed by atoms with Crippen molar-refractivity contribution < 1.29 is 9.59 Å². The van der Waals surface area contributed by atoms with E-state index in [9.17, 15) is 9.59 Å². The van der Waals surface area contributed by atoms with E-state index >= 15 is 0 Å².